The van der Waals surface area contributed by atoms with Gasteiger partial charge in [-0.1, -0.05) is 6.92 Å². The summed E-state index contributed by atoms with van der Waals surface area (Å²) in [6.45, 7) is 3.92. The van der Waals surface area contributed by atoms with E-state index >= 15 is 0 Å². The lowest BCUT2D eigenvalue weighted by Crippen LogP contribution is -2.43. The lowest BCUT2D eigenvalue weighted by Gasteiger charge is -2.32. The van der Waals surface area contributed by atoms with Crippen LogP contribution < -0.4 is 0 Å². The van der Waals surface area contributed by atoms with Crippen molar-refractivity contribution in [2.75, 3.05) is 20.2 Å². The number of hydrogen-bond acceptors (Lipinski definition) is 2. The molecule has 2 fully saturated rings. The fraction of sp³-hybridized carbons (Fsp3) is 1.00. The average Bonchev–Trinajstić information content (AvgIpc) is 2.64. The highest BCUT2D eigenvalue weighted by Gasteiger charge is 2.53. The van der Waals surface area contributed by atoms with E-state index in [4.69, 9.17) is 4.74 Å². The quantitative estimate of drug-likeness (QED) is 0.651. The van der Waals surface area contributed by atoms with Gasteiger partial charge in [0.1, 0.15) is 6.17 Å². The number of alkyl halides is 1. The van der Waals surface area contributed by atoms with E-state index in [1.165, 1.54) is 0 Å². The normalized spacial score (nSPS) is 45.5. The van der Waals surface area contributed by atoms with Crippen molar-refractivity contribution in [3.8, 4) is 0 Å². The molecule has 13 heavy (non-hydrogen) atoms. The minimum atomic E-state index is -0.641. The first-order valence-corrected chi connectivity index (χ1v) is 5.15. The van der Waals surface area contributed by atoms with Crippen LogP contribution in [0, 0.1) is 0 Å². The summed E-state index contributed by atoms with van der Waals surface area (Å²) < 4.78 is 19.1. The summed E-state index contributed by atoms with van der Waals surface area (Å²) in [5.74, 6) is 0. The van der Waals surface area contributed by atoms with E-state index in [1.807, 2.05) is 0 Å². The van der Waals surface area contributed by atoms with Crippen LogP contribution in [-0.4, -0.2) is 42.9 Å². The van der Waals surface area contributed by atoms with Crippen molar-refractivity contribution in [3.05, 3.63) is 0 Å². The lowest BCUT2D eigenvalue weighted by molar-refractivity contribution is 0.0956. The first-order chi connectivity index (χ1) is 6.23. The summed E-state index contributed by atoms with van der Waals surface area (Å²) in [6, 6.07) is 0. The minimum absolute atomic E-state index is 0.180. The molecule has 0 bridgehead atoms. The first-order valence-electron chi connectivity index (χ1n) is 5.15. The predicted octanol–water partition coefficient (Wildman–Crippen LogP) is 1.60. The highest BCUT2D eigenvalue weighted by Crippen LogP contribution is 2.43. The fourth-order valence-corrected chi connectivity index (χ4v) is 2.94. The second kappa shape index (κ2) is 3.21. The molecule has 0 unspecified atom stereocenters. The summed E-state index contributed by atoms with van der Waals surface area (Å²) in [5, 5.41) is 0. The molecule has 2 nitrogen and oxygen atoms in total. The lowest BCUT2D eigenvalue weighted by atomic mass is 9.89. The predicted molar refractivity (Wildman–Crippen MR) is 49.5 cm³/mol. The molecule has 0 aromatic heterocycles. The van der Waals surface area contributed by atoms with Crippen LogP contribution in [0.2, 0.25) is 0 Å². The third-order valence-electron chi connectivity index (χ3n) is 3.82. The number of nitrogens with zero attached hydrogens (tertiary/aromatic N) is 1. The second-order valence-electron chi connectivity index (χ2n) is 4.22. The number of hydrogen-bond donors (Lipinski definition) is 0. The van der Waals surface area contributed by atoms with Crippen molar-refractivity contribution in [2.24, 2.45) is 0 Å². The molecule has 0 aromatic carbocycles. The summed E-state index contributed by atoms with van der Waals surface area (Å²) in [5.41, 5.74) is -0.180. The van der Waals surface area contributed by atoms with Crippen molar-refractivity contribution in [1.29, 1.82) is 0 Å². The van der Waals surface area contributed by atoms with Crippen LogP contribution in [0.15, 0.2) is 0 Å². The van der Waals surface area contributed by atoms with E-state index in [0.717, 1.165) is 25.9 Å². The molecule has 0 amide bonds. The number of rotatable bonds is 2. The van der Waals surface area contributed by atoms with Crippen LogP contribution in [0.1, 0.15) is 26.2 Å². The fourth-order valence-electron chi connectivity index (χ4n) is 2.94. The number of ether oxygens (including phenoxy) is 1. The van der Waals surface area contributed by atoms with Crippen LogP contribution in [0.25, 0.3) is 0 Å². The molecular weight excluding hydrogens is 169 g/mol. The van der Waals surface area contributed by atoms with Crippen molar-refractivity contribution in [2.45, 2.75) is 44.0 Å². The molecule has 3 atom stereocenters. The molecule has 2 aliphatic heterocycles. The van der Waals surface area contributed by atoms with Gasteiger partial charge in [-0.05, 0) is 19.3 Å². The zero-order valence-corrected chi connectivity index (χ0v) is 8.42. The number of fused-ring (bicyclic) bond motifs is 1. The average molecular weight is 187 g/mol. The van der Waals surface area contributed by atoms with E-state index < -0.39 is 6.17 Å². The smallest absolute Gasteiger partial charge is 0.120 e. The Morgan fingerprint density at radius 1 is 1.62 bits per heavy atom. The van der Waals surface area contributed by atoms with Crippen LogP contribution in [-0.2, 0) is 4.74 Å². The number of methoxy groups -OCH3 is 1. The molecule has 0 saturated carbocycles. The molecule has 0 spiro atoms. The zero-order chi connectivity index (χ0) is 9.47. The SMILES string of the molecule is CC[C@]12C[C@@H](OC)CN1CC[C@H]2F. The van der Waals surface area contributed by atoms with Gasteiger partial charge in [0.05, 0.1) is 11.6 Å². The van der Waals surface area contributed by atoms with Gasteiger partial charge in [0.2, 0.25) is 0 Å². The van der Waals surface area contributed by atoms with Gasteiger partial charge >= 0.3 is 0 Å². The van der Waals surface area contributed by atoms with E-state index in [2.05, 4.69) is 11.8 Å². The monoisotopic (exact) mass is 187 g/mol. The van der Waals surface area contributed by atoms with E-state index in [0.29, 0.717) is 6.42 Å². The van der Waals surface area contributed by atoms with E-state index in [-0.39, 0.29) is 11.6 Å². The molecule has 2 saturated heterocycles. The molecule has 0 aromatic rings. The Labute approximate surface area is 79.1 Å². The Hall–Kier alpha value is -0.150. The van der Waals surface area contributed by atoms with Gasteiger partial charge in [0.15, 0.2) is 0 Å². The summed E-state index contributed by atoms with van der Waals surface area (Å²) in [4.78, 5) is 2.28. The molecule has 0 N–H and O–H groups in total. The summed E-state index contributed by atoms with van der Waals surface area (Å²) >= 11 is 0. The van der Waals surface area contributed by atoms with Crippen molar-refractivity contribution >= 4 is 0 Å². The number of halogens is 1. The third-order valence-corrected chi connectivity index (χ3v) is 3.82. The van der Waals surface area contributed by atoms with Crippen LogP contribution >= 0.6 is 0 Å². The topological polar surface area (TPSA) is 12.5 Å². The summed E-state index contributed by atoms with van der Waals surface area (Å²) in [6.07, 6.45) is 2.11. The van der Waals surface area contributed by atoms with E-state index in [9.17, 15) is 4.39 Å². The molecule has 2 heterocycles. The van der Waals surface area contributed by atoms with Gasteiger partial charge in [0.25, 0.3) is 0 Å². The maximum atomic E-state index is 13.7. The Bertz CT molecular complexity index is 199. The highest BCUT2D eigenvalue weighted by molar-refractivity contribution is 5.08. The molecule has 2 rings (SSSR count). The zero-order valence-electron chi connectivity index (χ0n) is 8.42. The maximum Gasteiger partial charge on any atom is 0.120 e. The molecule has 0 aliphatic carbocycles. The van der Waals surface area contributed by atoms with Crippen molar-refractivity contribution < 1.29 is 9.13 Å². The van der Waals surface area contributed by atoms with Gasteiger partial charge in [-0.3, -0.25) is 4.90 Å². The van der Waals surface area contributed by atoms with Crippen LogP contribution in [0.4, 0.5) is 4.39 Å². The second-order valence-corrected chi connectivity index (χ2v) is 4.22. The molecule has 0 radical (unpaired) electrons. The standard InChI is InChI=1S/C10H18FNO/c1-3-10-6-8(13-2)7-12(10)5-4-9(10)11/h8-9H,3-7H2,1-2H3/t8-,9-,10-/m1/s1. The molecular formula is C10H18FNO. The van der Waals surface area contributed by atoms with Gasteiger partial charge in [0, 0.05) is 20.2 Å². The van der Waals surface area contributed by atoms with Crippen LogP contribution in [0.5, 0.6) is 0 Å². The molecule has 3 heteroatoms. The van der Waals surface area contributed by atoms with Gasteiger partial charge in [-0.15, -0.1) is 0 Å². The highest BCUT2D eigenvalue weighted by atomic mass is 19.1. The Morgan fingerprint density at radius 2 is 2.38 bits per heavy atom. The maximum absolute atomic E-state index is 13.7. The summed E-state index contributed by atoms with van der Waals surface area (Å²) in [7, 11) is 1.73. The molecule has 2 aliphatic rings. The largest absolute Gasteiger partial charge is 0.380 e. The van der Waals surface area contributed by atoms with Crippen molar-refractivity contribution in [3.63, 3.8) is 0 Å². The van der Waals surface area contributed by atoms with Gasteiger partial charge < -0.3 is 4.74 Å². The van der Waals surface area contributed by atoms with Crippen LogP contribution in [0.3, 0.4) is 0 Å². The van der Waals surface area contributed by atoms with Gasteiger partial charge in [-0.25, -0.2) is 4.39 Å². The Kier molecular flexibility index (Phi) is 2.32. The first kappa shape index (κ1) is 9.41. The Balaban J connectivity index is 2.16. The third kappa shape index (κ3) is 1.21. The van der Waals surface area contributed by atoms with Crippen molar-refractivity contribution in [1.82, 2.24) is 4.90 Å². The molecule has 76 valence electrons. The van der Waals surface area contributed by atoms with Gasteiger partial charge in [-0.2, -0.15) is 0 Å². The van der Waals surface area contributed by atoms with E-state index in [1.54, 1.807) is 7.11 Å². The Morgan fingerprint density at radius 3 is 2.92 bits per heavy atom. The minimum Gasteiger partial charge on any atom is -0.380 e.